The Kier molecular flexibility index (Phi) is 3.95. The number of nitrogens with zero attached hydrogens (tertiary/aromatic N) is 3. The molecule has 29 heavy (non-hydrogen) atoms. The van der Waals surface area contributed by atoms with Gasteiger partial charge in [0.05, 0.1) is 5.02 Å². The first-order valence-corrected chi connectivity index (χ1v) is 9.21. The maximum Gasteiger partial charge on any atom is 0.586 e. The molecule has 0 unspecified atom stereocenters. The molecule has 0 spiro atoms. The summed E-state index contributed by atoms with van der Waals surface area (Å²) in [6, 6.07) is 9.48. The number of carbonyl (C=O) groups excluding carboxylic acids is 1. The summed E-state index contributed by atoms with van der Waals surface area (Å²) < 4.78 is 37.2. The fourth-order valence-electron chi connectivity index (χ4n) is 3.43. The van der Waals surface area contributed by atoms with Crippen LogP contribution in [0.3, 0.4) is 0 Å². The molecule has 0 fully saturated rings. The van der Waals surface area contributed by atoms with Crippen molar-refractivity contribution in [3.05, 3.63) is 53.1 Å². The molecule has 7 nitrogen and oxygen atoms in total. The van der Waals surface area contributed by atoms with Crippen LogP contribution >= 0.6 is 11.6 Å². The number of anilines is 1. The lowest BCUT2D eigenvalue weighted by atomic mass is 10.0. The van der Waals surface area contributed by atoms with Crippen molar-refractivity contribution in [1.82, 2.24) is 14.8 Å². The fourth-order valence-corrected chi connectivity index (χ4v) is 3.69. The van der Waals surface area contributed by atoms with Gasteiger partial charge in [-0.1, -0.05) is 23.7 Å². The quantitative estimate of drug-likeness (QED) is 0.692. The third-order valence-electron chi connectivity index (χ3n) is 4.76. The zero-order chi connectivity index (χ0) is 20.2. The van der Waals surface area contributed by atoms with E-state index in [1.807, 2.05) is 4.57 Å². The van der Waals surface area contributed by atoms with Crippen molar-refractivity contribution in [2.75, 3.05) is 5.32 Å². The summed E-state index contributed by atoms with van der Waals surface area (Å²) in [6.07, 6.45) is -1.94. The molecule has 3 heterocycles. The molecule has 3 aromatic rings. The summed E-state index contributed by atoms with van der Waals surface area (Å²) in [5.41, 5.74) is 1.72. The van der Waals surface area contributed by atoms with Crippen LogP contribution in [0.5, 0.6) is 11.5 Å². The molecule has 0 saturated heterocycles. The van der Waals surface area contributed by atoms with E-state index in [0.29, 0.717) is 16.8 Å². The Labute approximate surface area is 168 Å². The first kappa shape index (κ1) is 17.9. The first-order chi connectivity index (χ1) is 13.9. The van der Waals surface area contributed by atoms with Gasteiger partial charge in [0.25, 0.3) is 5.91 Å². The third-order valence-corrected chi connectivity index (χ3v) is 5.07. The van der Waals surface area contributed by atoms with Crippen molar-refractivity contribution in [1.29, 1.82) is 0 Å². The highest BCUT2D eigenvalue weighted by molar-refractivity contribution is 6.33. The lowest BCUT2D eigenvalue weighted by molar-refractivity contribution is -0.286. The van der Waals surface area contributed by atoms with Crippen LogP contribution in [0.2, 0.25) is 5.02 Å². The molecule has 5 rings (SSSR count). The molecule has 0 atom stereocenters. The van der Waals surface area contributed by atoms with Gasteiger partial charge in [0.2, 0.25) is 5.82 Å². The monoisotopic (exact) mass is 418 g/mol. The second-order valence-electron chi connectivity index (χ2n) is 6.67. The number of aromatic nitrogens is 3. The van der Waals surface area contributed by atoms with Crippen LogP contribution in [0.25, 0.3) is 11.1 Å². The van der Waals surface area contributed by atoms with Crippen molar-refractivity contribution in [3.8, 4) is 22.6 Å². The van der Waals surface area contributed by atoms with Crippen LogP contribution in [0.15, 0.2) is 36.4 Å². The van der Waals surface area contributed by atoms with E-state index in [1.54, 1.807) is 24.3 Å². The van der Waals surface area contributed by atoms with Crippen LogP contribution < -0.4 is 14.8 Å². The number of ether oxygens (including phenoxy) is 2. The first-order valence-electron chi connectivity index (χ1n) is 8.83. The van der Waals surface area contributed by atoms with Crippen LogP contribution in [-0.4, -0.2) is 27.0 Å². The van der Waals surface area contributed by atoms with Gasteiger partial charge < -0.3 is 19.4 Å². The molecule has 2 aromatic carbocycles. The van der Waals surface area contributed by atoms with Crippen LogP contribution in [0, 0.1) is 0 Å². The van der Waals surface area contributed by atoms with E-state index >= 15 is 0 Å². The van der Waals surface area contributed by atoms with E-state index in [4.69, 9.17) is 11.6 Å². The zero-order valence-electron chi connectivity index (χ0n) is 14.8. The number of aryl methyl sites for hydroxylation is 1. The minimum Gasteiger partial charge on any atom is -0.395 e. The average molecular weight is 419 g/mol. The summed E-state index contributed by atoms with van der Waals surface area (Å²) in [6.45, 7) is 0.728. The van der Waals surface area contributed by atoms with Gasteiger partial charge in [-0.15, -0.1) is 19.0 Å². The minimum absolute atomic E-state index is 0.0903. The molecule has 0 bridgehead atoms. The lowest BCUT2D eigenvalue weighted by Crippen LogP contribution is -2.25. The molecule has 0 radical (unpaired) electrons. The summed E-state index contributed by atoms with van der Waals surface area (Å²) in [5, 5.41) is 11.0. The number of benzene rings is 2. The molecule has 2 aliphatic heterocycles. The smallest absolute Gasteiger partial charge is 0.395 e. The Morgan fingerprint density at radius 1 is 1.14 bits per heavy atom. The molecule has 10 heteroatoms. The van der Waals surface area contributed by atoms with Crippen LogP contribution in [-0.2, 0) is 13.0 Å². The highest BCUT2D eigenvalue weighted by Crippen LogP contribution is 2.46. The number of nitrogens with one attached hydrogen (secondary N) is 1. The zero-order valence-corrected chi connectivity index (χ0v) is 15.5. The highest BCUT2D eigenvalue weighted by Gasteiger charge is 2.43. The number of halogens is 3. The molecule has 2 aliphatic rings. The van der Waals surface area contributed by atoms with Crippen molar-refractivity contribution < 1.29 is 23.0 Å². The Morgan fingerprint density at radius 3 is 2.62 bits per heavy atom. The largest absolute Gasteiger partial charge is 0.586 e. The standard InChI is InChI=1S/C19H13ClF2N4O3/c20-13-9-15-14(28-19(21,22)29-15)8-12(13)10-3-5-11(6-4-10)23-18(27)17-25-24-16-2-1-7-26(16)17/h3-6,8-9H,1-2,7H2,(H,23,27). The van der Waals surface area contributed by atoms with Gasteiger partial charge in [-0.2, -0.15) is 0 Å². The maximum atomic E-state index is 13.2. The maximum absolute atomic E-state index is 13.2. The fraction of sp³-hybridized carbons (Fsp3) is 0.211. The van der Waals surface area contributed by atoms with E-state index in [2.05, 4.69) is 25.0 Å². The van der Waals surface area contributed by atoms with Crippen LogP contribution in [0.1, 0.15) is 22.9 Å². The van der Waals surface area contributed by atoms with Gasteiger partial charge in [-0.3, -0.25) is 4.79 Å². The normalized spacial score (nSPS) is 16.0. The Bertz CT molecular complexity index is 1130. The number of fused-ring (bicyclic) bond motifs is 2. The molecule has 148 valence electrons. The Morgan fingerprint density at radius 2 is 1.86 bits per heavy atom. The number of rotatable bonds is 3. The SMILES string of the molecule is O=C(Nc1ccc(-c2cc3c(cc2Cl)OC(F)(F)O3)cc1)c1nnc2n1CCC2. The number of amides is 1. The number of hydrogen-bond donors (Lipinski definition) is 1. The third kappa shape index (κ3) is 3.17. The number of carbonyl (C=O) groups is 1. The Balaban J connectivity index is 1.36. The molecule has 0 saturated carbocycles. The van der Waals surface area contributed by atoms with Gasteiger partial charge >= 0.3 is 6.29 Å². The molecular weight excluding hydrogens is 406 g/mol. The molecule has 1 N–H and O–H groups in total. The van der Waals surface area contributed by atoms with Gasteiger partial charge in [-0.05, 0) is 30.2 Å². The Hall–Kier alpha value is -3.20. The van der Waals surface area contributed by atoms with Gasteiger partial charge in [-0.25, -0.2) is 0 Å². The van der Waals surface area contributed by atoms with E-state index in [1.165, 1.54) is 12.1 Å². The molecular formula is C19H13ClF2N4O3. The van der Waals surface area contributed by atoms with Gasteiger partial charge in [0, 0.05) is 30.3 Å². The topological polar surface area (TPSA) is 78.3 Å². The van der Waals surface area contributed by atoms with E-state index < -0.39 is 6.29 Å². The lowest BCUT2D eigenvalue weighted by Gasteiger charge is -2.09. The second-order valence-corrected chi connectivity index (χ2v) is 7.08. The van der Waals surface area contributed by atoms with Crippen molar-refractivity contribution in [2.45, 2.75) is 25.7 Å². The summed E-state index contributed by atoms with van der Waals surface area (Å²) >= 11 is 6.21. The summed E-state index contributed by atoms with van der Waals surface area (Å²) in [5.74, 6) is 0.539. The predicted molar refractivity (Wildman–Crippen MR) is 99.4 cm³/mol. The number of alkyl halides is 2. The summed E-state index contributed by atoms with van der Waals surface area (Å²) in [4.78, 5) is 12.5. The molecule has 1 aromatic heterocycles. The van der Waals surface area contributed by atoms with E-state index in [9.17, 15) is 13.6 Å². The van der Waals surface area contributed by atoms with Gasteiger partial charge in [0.15, 0.2) is 11.5 Å². The molecule has 0 aliphatic carbocycles. The number of hydrogen-bond acceptors (Lipinski definition) is 5. The predicted octanol–water partition coefficient (Wildman–Crippen LogP) is 4.12. The molecule has 1 amide bonds. The highest BCUT2D eigenvalue weighted by atomic mass is 35.5. The van der Waals surface area contributed by atoms with Crippen molar-refractivity contribution in [3.63, 3.8) is 0 Å². The average Bonchev–Trinajstić information content (AvgIpc) is 3.34. The van der Waals surface area contributed by atoms with Crippen molar-refractivity contribution >= 4 is 23.2 Å². The van der Waals surface area contributed by atoms with E-state index in [-0.39, 0.29) is 28.3 Å². The second kappa shape index (κ2) is 6.41. The minimum atomic E-state index is -3.71. The summed E-state index contributed by atoms with van der Waals surface area (Å²) in [7, 11) is 0. The van der Waals surface area contributed by atoms with E-state index in [0.717, 1.165) is 25.2 Å². The van der Waals surface area contributed by atoms with Crippen LogP contribution in [0.4, 0.5) is 14.5 Å². The van der Waals surface area contributed by atoms with Crippen molar-refractivity contribution in [2.24, 2.45) is 0 Å². The van der Waals surface area contributed by atoms with Gasteiger partial charge in [0.1, 0.15) is 5.82 Å².